The largest absolute Gasteiger partial charge is 0.400 e. The minimum absolute atomic E-state index is 0.189. The molecule has 116 valence electrons. The summed E-state index contributed by atoms with van der Waals surface area (Å²) < 4.78 is 0. The van der Waals surface area contributed by atoms with Crippen molar-refractivity contribution in [3.8, 4) is 6.07 Å². The number of nitrogens with two attached hydrogens (primary N) is 2. The van der Waals surface area contributed by atoms with Gasteiger partial charge in [0.05, 0.1) is 5.71 Å². The van der Waals surface area contributed by atoms with Gasteiger partial charge in [0, 0.05) is 17.8 Å². The van der Waals surface area contributed by atoms with E-state index in [1.165, 1.54) is 0 Å². The van der Waals surface area contributed by atoms with Gasteiger partial charge in [-0.05, 0) is 44.7 Å². The lowest BCUT2D eigenvalue weighted by molar-refractivity contribution is 1.09. The van der Waals surface area contributed by atoms with Gasteiger partial charge in [-0.25, -0.2) is 0 Å². The van der Waals surface area contributed by atoms with Crippen molar-refractivity contribution in [2.45, 2.75) is 20.3 Å². The molecule has 0 spiro atoms. The Morgan fingerprint density at radius 1 is 1.36 bits per heavy atom. The van der Waals surface area contributed by atoms with Gasteiger partial charge in [0.2, 0.25) is 0 Å². The van der Waals surface area contributed by atoms with Crippen LogP contribution >= 0.6 is 0 Å². The fraction of sp³-hybridized carbons (Fsp3) is 0.235. The molecule has 0 aromatic rings. The van der Waals surface area contributed by atoms with E-state index in [4.69, 9.17) is 22.1 Å². The summed E-state index contributed by atoms with van der Waals surface area (Å²) in [5.41, 5.74) is 14.0. The maximum atomic E-state index is 8.85. The van der Waals surface area contributed by atoms with Crippen molar-refractivity contribution in [3.63, 3.8) is 0 Å². The van der Waals surface area contributed by atoms with Crippen molar-refractivity contribution in [2.24, 2.45) is 16.5 Å². The van der Waals surface area contributed by atoms with Crippen LogP contribution in [0.4, 0.5) is 0 Å². The second-order valence-electron chi connectivity index (χ2n) is 4.33. The first-order valence-electron chi connectivity index (χ1n) is 6.84. The molecule has 0 saturated heterocycles. The number of nitriles is 1. The van der Waals surface area contributed by atoms with Crippen molar-refractivity contribution < 1.29 is 0 Å². The molecule has 0 amide bonds. The summed E-state index contributed by atoms with van der Waals surface area (Å²) in [6.07, 6.45) is 11.2. The van der Waals surface area contributed by atoms with Gasteiger partial charge in [-0.15, -0.1) is 0 Å². The van der Waals surface area contributed by atoms with E-state index in [0.29, 0.717) is 23.4 Å². The number of hydrogen-bond donors (Lipinski definition) is 3. The lowest BCUT2D eigenvalue weighted by Gasteiger charge is -2.05. The Morgan fingerprint density at radius 2 is 2.05 bits per heavy atom. The second kappa shape index (κ2) is 11.0. The van der Waals surface area contributed by atoms with Crippen molar-refractivity contribution in [1.29, 1.82) is 10.7 Å². The molecule has 5 heteroatoms. The third-order valence-corrected chi connectivity index (χ3v) is 2.81. The zero-order valence-electron chi connectivity index (χ0n) is 13.1. The third kappa shape index (κ3) is 6.64. The standard InChI is InChI=1S/C17H23N5/c1-4-7-16(20)15(17(21)12-19)9-6-8-13(5-2)10-14(11-18)22-3/h4-7,9-10,20H,3,8,12,19,21H2,1-2H3/b7-4-,9-6+,13-5-,14-10-,17-15?,20-16?. The normalized spacial score (nSPS) is 14.1. The molecule has 0 rings (SSSR count). The molecule has 0 aromatic carbocycles. The number of rotatable bonds is 8. The van der Waals surface area contributed by atoms with Gasteiger partial charge < -0.3 is 16.9 Å². The Morgan fingerprint density at radius 3 is 2.50 bits per heavy atom. The molecule has 0 unspecified atom stereocenters. The van der Waals surface area contributed by atoms with Crippen molar-refractivity contribution in [2.75, 3.05) is 6.54 Å². The SMILES string of the molecule is C=N/C(C#N)=C\C(=C/C)C/C=C/C(C(=N)/C=C\C)=C(N)CN. The molecule has 0 aliphatic heterocycles. The monoisotopic (exact) mass is 297 g/mol. The fourth-order valence-corrected chi connectivity index (χ4v) is 1.60. The van der Waals surface area contributed by atoms with Gasteiger partial charge in [-0.2, -0.15) is 5.26 Å². The van der Waals surface area contributed by atoms with Crippen molar-refractivity contribution in [1.82, 2.24) is 0 Å². The summed E-state index contributed by atoms with van der Waals surface area (Å²) in [4.78, 5) is 3.63. The van der Waals surface area contributed by atoms with Crippen LogP contribution in [0, 0.1) is 16.7 Å². The summed E-state index contributed by atoms with van der Waals surface area (Å²) in [5.74, 6) is 0. The summed E-state index contributed by atoms with van der Waals surface area (Å²) in [6.45, 7) is 7.25. The first-order chi connectivity index (χ1) is 10.5. The average Bonchev–Trinajstić information content (AvgIpc) is 2.53. The Bertz CT molecular complexity index is 595. The molecule has 0 aliphatic carbocycles. The number of aliphatic imine (C=N–C) groups is 1. The highest BCUT2D eigenvalue weighted by atomic mass is 14.7. The van der Waals surface area contributed by atoms with Gasteiger partial charge in [0.1, 0.15) is 11.8 Å². The minimum Gasteiger partial charge on any atom is -0.400 e. The van der Waals surface area contributed by atoms with Gasteiger partial charge in [0.25, 0.3) is 0 Å². The molecule has 22 heavy (non-hydrogen) atoms. The lowest BCUT2D eigenvalue weighted by Crippen LogP contribution is -2.16. The van der Waals surface area contributed by atoms with Gasteiger partial charge in [0.15, 0.2) is 0 Å². The Kier molecular flexibility index (Phi) is 9.65. The highest BCUT2D eigenvalue weighted by molar-refractivity contribution is 6.08. The molecular weight excluding hydrogens is 274 g/mol. The molecule has 0 heterocycles. The highest BCUT2D eigenvalue weighted by Gasteiger charge is 2.03. The molecule has 5 N–H and O–H groups in total. The van der Waals surface area contributed by atoms with Crippen molar-refractivity contribution in [3.05, 3.63) is 59.0 Å². The van der Waals surface area contributed by atoms with Crippen molar-refractivity contribution >= 4 is 12.4 Å². The zero-order chi connectivity index (χ0) is 17.0. The molecule has 0 aromatic heterocycles. The van der Waals surface area contributed by atoms with Crippen LogP contribution in [-0.2, 0) is 0 Å². The molecule has 0 aliphatic rings. The minimum atomic E-state index is 0.189. The van der Waals surface area contributed by atoms with E-state index >= 15 is 0 Å². The fourth-order valence-electron chi connectivity index (χ4n) is 1.60. The smallest absolute Gasteiger partial charge is 0.139 e. The molecular formula is C17H23N5. The lowest BCUT2D eigenvalue weighted by atomic mass is 10.0. The number of nitrogens with zero attached hydrogens (tertiary/aromatic N) is 2. The predicted molar refractivity (Wildman–Crippen MR) is 93.6 cm³/mol. The first-order valence-corrected chi connectivity index (χ1v) is 6.84. The molecule has 0 atom stereocenters. The molecule has 0 fully saturated rings. The van der Waals surface area contributed by atoms with Crippen LogP contribution in [0.3, 0.4) is 0 Å². The van der Waals surface area contributed by atoms with Gasteiger partial charge >= 0.3 is 0 Å². The van der Waals surface area contributed by atoms with Crippen LogP contribution < -0.4 is 11.5 Å². The quantitative estimate of drug-likeness (QED) is 0.364. The molecule has 0 saturated carbocycles. The van der Waals surface area contributed by atoms with E-state index in [9.17, 15) is 0 Å². The topological polar surface area (TPSA) is 112 Å². The van der Waals surface area contributed by atoms with E-state index in [1.54, 1.807) is 24.3 Å². The van der Waals surface area contributed by atoms with Crippen LogP contribution in [0.2, 0.25) is 0 Å². The van der Waals surface area contributed by atoms with E-state index in [2.05, 4.69) is 11.7 Å². The maximum Gasteiger partial charge on any atom is 0.139 e. The summed E-state index contributed by atoms with van der Waals surface area (Å²) in [6, 6.07) is 1.96. The Balaban J connectivity index is 5.23. The van der Waals surface area contributed by atoms with Crippen LogP contribution in [-0.4, -0.2) is 19.0 Å². The van der Waals surface area contributed by atoms with Crippen LogP contribution in [0.15, 0.2) is 64.0 Å². The van der Waals surface area contributed by atoms with E-state index < -0.39 is 0 Å². The number of nitrogens with one attached hydrogen (secondary N) is 1. The molecule has 0 bridgehead atoms. The Labute approximate surface area is 132 Å². The maximum absolute atomic E-state index is 8.85. The van der Waals surface area contributed by atoms with Crippen LogP contribution in [0.5, 0.6) is 0 Å². The average molecular weight is 297 g/mol. The number of hydrogen-bond acceptors (Lipinski definition) is 5. The van der Waals surface area contributed by atoms with Gasteiger partial charge in [-0.1, -0.05) is 24.3 Å². The zero-order valence-corrected chi connectivity index (χ0v) is 13.1. The summed E-state index contributed by atoms with van der Waals surface area (Å²) in [5, 5.41) is 16.8. The van der Waals surface area contributed by atoms with E-state index in [1.807, 2.05) is 32.1 Å². The molecule has 0 radical (unpaired) electrons. The van der Waals surface area contributed by atoms with Gasteiger partial charge in [-0.3, -0.25) is 4.99 Å². The second-order valence-corrected chi connectivity index (χ2v) is 4.33. The first kappa shape index (κ1) is 19.3. The van der Waals surface area contributed by atoms with Crippen LogP contribution in [0.1, 0.15) is 20.3 Å². The summed E-state index contributed by atoms with van der Waals surface area (Å²) >= 11 is 0. The third-order valence-electron chi connectivity index (χ3n) is 2.81. The molecule has 5 nitrogen and oxygen atoms in total. The van der Waals surface area contributed by atoms with E-state index in [0.717, 1.165) is 5.57 Å². The summed E-state index contributed by atoms with van der Waals surface area (Å²) in [7, 11) is 0. The predicted octanol–water partition coefficient (Wildman–Crippen LogP) is 2.75. The van der Waals surface area contributed by atoms with E-state index in [-0.39, 0.29) is 12.2 Å². The highest BCUT2D eigenvalue weighted by Crippen LogP contribution is 2.11. The Hall–Kier alpha value is -2.71. The number of allylic oxidation sites excluding steroid dienone is 9. The van der Waals surface area contributed by atoms with Crippen LogP contribution in [0.25, 0.3) is 0 Å².